The number of hydrogen-bond acceptors (Lipinski definition) is 5. The first-order chi connectivity index (χ1) is 12.0. The van der Waals surface area contributed by atoms with E-state index >= 15 is 0 Å². The zero-order chi connectivity index (χ0) is 17.6. The van der Waals surface area contributed by atoms with Crippen LogP contribution in [0.15, 0.2) is 30.5 Å². The minimum Gasteiger partial charge on any atom is -0.480 e. The third kappa shape index (κ3) is 2.74. The summed E-state index contributed by atoms with van der Waals surface area (Å²) in [6, 6.07) is 5.65. The van der Waals surface area contributed by atoms with Crippen LogP contribution in [-0.4, -0.2) is 41.8 Å². The van der Waals surface area contributed by atoms with Gasteiger partial charge in [-0.3, -0.25) is 14.7 Å². The molecule has 0 bridgehead atoms. The molecule has 3 aromatic rings. The van der Waals surface area contributed by atoms with Crippen LogP contribution in [0.4, 0.5) is 4.39 Å². The molecule has 1 atom stereocenters. The number of aliphatic carboxylic acids is 1. The molecule has 25 heavy (non-hydrogen) atoms. The maximum atomic E-state index is 14.0. The van der Waals surface area contributed by atoms with E-state index in [-0.39, 0.29) is 18.9 Å². The molecule has 1 aliphatic rings. The number of benzene rings is 1. The van der Waals surface area contributed by atoms with Crippen molar-refractivity contribution in [1.82, 2.24) is 24.6 Å². The third-order valence-electron chi connectivity index (χ3n) is 4.56. The van der Waals surface area contributed by atoms with Gasteiger partial charge in [-0.1, -0.05) is 6.07 Å². The van der Waals surface area contributed by atoms with Crippen LogP contribution in [0.25, 0.3) is 10.9 Å². The quantitative estimate of drug-likeness (QED) is 0.781. The number of nitrogens with zero attached hydrogens (tertiary/aromatic N) is 5. The maximum Gasteiger partial charge on any atom is 0.322 e. The number of carbonyl (C=O) groups is 1. The van der Waals surface area contributed by atoms with Crippen LogP contribution in [0.3, 0.4) is 0 Å². The highest BCUT2D eigenvalue weighted by Crippen LogP contribution is 2.24. The Morgan fingerprint density at radius 3 is 3.04 bits per heavy atom. The second kappa shape index (κ2) is 5.89. The summed E-state index contributed by atoms with van der Waals surface area (Å²) in [4.78, 5) is 17.8. The number of halogens is 1. The molecule has 7 nitrogen and oxygen atoms in total. The van der Waals surface area contributed by atoms with Gasteiger partial charge >= 0.3 is 5.97 Å². The van der Waals surface area contributed by atoms with Gasteiger partial charge in [0.1, 0.15) is 23.5 Å². The zero-order valence-electron chi connectivity index (χ0n) is 13.6. The lowest BCUT2D eigenvalue weighted by molar-refractivity contribution is -0.145. The van der Waals surface area contributed by atoms with Gasteiger partial charge in [-0.05, 0) is 30.7 Å². The van der Waals surface area contributed by atoms with E-state index in [4.69, 9.17) is 0 Å². The molecule has 0 saturated heterocycles. The summed E-state index contributed by atoms with van der Waals surface area (Å²) in [5.41, 5.74) is 1.34. The number of pyridine rings is 1. The lowest BCUT2D eigenvalue weighted by Gasteiger charge is -2.33. The van der Waals surface area contributed by atoms with Crippen LogP contribution in [0.1, 0.15) is 17.2 Å². The van der Waals surface area contributed by atoms with E-state index in [1.165, 1.54) is 12.1 Å². The monoisotopic (exact) mass is 341 g/mol. The van der Waals surface area contributed by atoms with Crippen LogP contribution in [0.2, 0.25) is 0 Å². The Bertz CT molecular complexity index is 971. The SMILES string of the molecule is Cc1nnc2n1CC(C(=O)O)N(Cc1cc(F)cc3cccnc13)C2. The van der Waals surface area contributed by atoms with E-state index in [1.54, 1.807) is 30.2 Å². The first kappa shape index (κ1) is 15.6. The molecular weight excluding hydrogens is 325 g/mol. The average Bonchev–Trinajstić information content (AvgIpc) is 2.94. The van der Waals surface area contributed by atoms with Crippen molar-refractivity contribution in [3.63, 3.8) is 0 Å². The van der Waals surface area contributed by atoms with Crippen molar-refractivity contribution in [1.29, 1.82) is 0 Å². The largest absolute Gasteiger partial charge is 0.480 e. The molecule has 0 amide bonds. The summed E-state index contributed by atoms with van der Waals surface area (Å²) in [6.45, 7) is 2.68. The second-order valence-corrected chi connectivity index (χ2v) is 6.17. The molecule has 0 radical (unpaired) electrons. The molecule has 0 spiro atoms. The number of carboxylic acids is 1. The number of rotatable bonds is 3. The molecule has 2 aromatic heterocycles. The van der Waals surface area contributed by atoms with Gasteiger partial charge in [0.15, 0.2) is 0 Å². The van der Waals surface area contributed by atoms with Gasteiger partial charge in [-0.25, -0.2) is 4.39 Å². The number of carboxylic acid groups (broad SMARTS) is 1. The van der Waals surface area contributed by atoms with E-state index in [1.807, 2.05) is 4.57 Å². The normalized spacial score (nSPS) is 17.6. The van der Waals surface area contributed by atoms with Crippen LogP contribution in [0.5, 0.6) is 0 Å². The Kier molecular flexibility index (Phi) is 3.69. The predicted molar refractivity (Wildman–Crippen MR) is 87.1 cm³/mol. The molecule has 0 saturated carbocycles. The summed E-state index contributed by atoms with van der Waals surface area (Å²) in [5, 5.41) is 18.4. The van der Waals surface area contributed by atoms with Crippen molar-refractivity contribution in [2.24, 2.45) is 0 Å². The Morgan fingerprint density at radius 1 is 1.40 bits per heavy atom. The molecular formula is C17H16FN5O2. The van der Waals surface area contributed by atoms with E-state index in [2.05, 4.69) is 15.2 Å². The topological polar surface area (TPSA) is 84.1 Å². The van der Waals surface area contributed by atoms with Crippen molar-refractivity contribution < 1.29 is 14.3 Å². The van der Waals surface area contributed by atoms with Crippen molar-refractivity contribution in [3.8, 4) is 0 Å². The molecule has 0 fully saturated rings. The van der Waals surface area contributed by atoms with E-state index in [0.29, 0.717) is 34.7 Å². The fourth-order valence-electron chi connectivity index (χ4n) is 3.33. The summed E-state index contributed by atoms with van der Waals surface area (Å²) >= 11 is 0. The summed E-state index contributed by atoms with van der Waals surface area (Å²) in [7, 11) is 0. The summed E-state index contributed by atoms with van der Waals surface area (Å²) in [5.74, 6) is 0.119. The smallest absolute Gasteiger partial charge is 0.322 e. The molecule has 0 aliphatic carbocycles. The molecule has 1 aromatic carbocycles. The fraction of sp³-hybridized carbons (Fsp3) is 0.294. The number of hydrogen-bond donors (Lipinski definition) is 1. The minimum atomic E-state index is -0.924. The van der Waals surface area contributed by atoms with Crippen molar-refractivity contribution in [2.45, 2.75) is 32.6 Å². The van der Waals surface area contributed by atoms with Crippen LogP contribution in [-0.2, 0) is 24.4 Å². The highest BCUT2D eigenvalue weighted by atomic mass is 19.1. The van der Waals surface area contributed by atoms with Crippen LogP contribution >= 0.6 is 0 Å². The molecule has 1 unspecified atom stereocenters. The van der Waals surface area contributed by atoms with Gasteiger partial charge < -0.3 is 9.67 Å². The average molecular weight is 341 g/mol. The maximum absolute atomic E-state index is 14.0. The Labute approximate surface area is 142 Å². The molecule has 4 rings (SSSR count). The molecule has 128 valence electrons. The number of aryl methyl sites for hydroxylation is 1. The first-order valence-electron chi connectivity index (χ1n) is 7.91. The van der Waals surface area contributed by atoms with Crippen molar-refractivity contribution in [2.75, 3.05) is 0 Å². The van der Waals surface area contributed by atoms with Crippen molar-refractivity contribution >= 4 is 16.9 Å². The predicted octanol–water partition coefficient (Wildman–Crippen LogP) is 1.74. The molecule has 8 heteroatoms. The van der Waals surface area contributed by atoms with Gasteiger partial charge in [0.25, 0.3) is 0 Å². The van der Waals surface area contributed by atoms with Gasteiger partial charge in [0.05, 0.1) is 18.6 Å². The first-order valence-corrected chi connectivity index (χ1v) is 7.91. The second-order valence-electron chi connectivity index (χ2n) is 6.17. The Balaban J connectivity index is 1.73. The van der Waals surface area contributed by atoms with Crippen LogP contribution < -0.4 is 0 Å². The van der Waals surface area contributed by atoms with Crippen LogP contribution in [0, 0.1) is 12.7 Å². The van der Waals surface area contributed by atoms with Gasteiger partial charge in [-0.15, -0.1) is 10.2 Å². The number of aromatic nitrogens is 4. The van der Waals surface area contributed by atoms with E-state index in [0.717, 1.165) is 0 Å². The minimum absolute atomic E-state index is 0.268. The molecule has 3 heterocycles. The highest BCUT2D eigenvalue weighted by molar-refractivity contribution is 5.81. The highest BCUT2D eigenvalue weighted by Gasteiger charge is 2.33. The summed E-state index contributed by atoms with van der Waals surface area (Å²) in [6.07, 6.45) is 1.65. The molecule has 1 N–H and O–H groups in total. The van der Waals surface area contributed by atoms with E-state index < -0.39 is 12.0 Å². The van der Waals surface area contributed by atoms with Gasteiger partial charge in [0.2, 0.25) is 0 Å². The molecule has 1 aliphatic heterocycles. The standard InChI is InChI=1S/C17H16FN5O2/c1-10-20-21-15-9-22(14(17(24)25)8-23(10)15)7-12-6-13(18)5-11-3-2-4-19-16(11)12/h2-6,14H,7-9H2,1H3,(H,24,25). The van der Waals surface area contributed by atoms with Gasteiger partial charge in [-0.2, -0.15) is 0 Å². The lowest BCUT2D eigenvalue weighted by Crippen LogP contribution is -2.47. The van der Waals surface area contributed by atoms with E-state index in [9.17, 15) is 14.3 Å². The zero-order valence-corrected chi connectivity index (χ0v) is 13.6. The summed E-state index contributed by atoms with van der Waals surface area (Å²) < 4.78 is 15.8. The third-order valence-corrected chi connectivity index (χ3v) is 4.56. The Morgan fingerprint density at radius 2 is 2.24 bits per heavy atom. The van der Waals surface area contributed by atoms with Gasteiger partial charge in [0, 0.05) is 18.1 Å². The number of fused-ring (bicyclic) bond motifs is 2. The fourth-order valence-corrected chi connectivity index (χ4v) is 3.33. The Hall–Kier alpha value is -2.87. The van der Waals surface area contributed by atoms with Crippen molar-refractivity contribution in [3.05, 3.63) is 53.5 Å². The lowest BCUT2D eigenvalue weighted by atomic mass is 10.1.